The number of primary amides is 1. The van der Waals surface area contributed by atoms with E-state index < -0.39 is 23.4 Å². The number of nitrogens with one attached hydrogen (secondary N) is 1. The van der Waals surface area contributed by atoms with Crippen LogP contribution in [0.3, 0.4) is 0 Å². The Morgan fingerprint density at radius 2 is 2.07 bits per heavy atom. The van der Waals surface area contributed by atoms with Gasteiger partial charge in [-0.2, -0.15) is 0 Å². The van der Waals surface area contributed by atoms with Gasteiger partial charge in [-0.1, -0.05) is 11.6 Å². The van der Waals surface area contributed by atoms with E-state index in [-0.39, 0.29) is 11.0 Å². The zero-order valence-corrected chi connectivity index (χ0v) is 8.32. The van der Waals surface area contributed by atoms with Crippen LogP contribution in [0.4, 0.5) is 0 Å². The molecule has 0 bridgehead atoms. The van der Waals surface area contributed by atoms with Crippen LogP contribution in [0.25, 0.3) is 0 Å². The van der Waals surface area contributed by atoms with E-state index >= 15 is 0 Å². The first-order valence-electron chi connectivity index (χ1n) is 3.80. The molecule has 0 fully saturated rings. The number of halogens is 1. The highest BCUT2D eigenvalue weighted by atomic mass is 35.5. The van der Waals surface area contributed by atoms with Gasteiger partial charge in [0, 0.05) is 0 Å². The van der Waals surface area contributed by atoms with E-state index in [1.54, 1.807) is 0 Å². The van der Waals surface area contributed by atoms with Crippen molar-refractivity contribution in [2.24, 2.45) is 32.9 Å². The number of nitrogens with zero attached hydrogens (tertiary/aromatic N) is 2. The molecule has 1 aliphatic heterocycles. The molecule has 0 aromatic heterocycles. The Balaban J connectivity index is 3.27. The van der Waals surface area contributed by atoms with E-state index in [1.165, 1.54) is 0 Å². The Bertz CT molecular complexity index is 389. The quantitative estimate of drug-likeness (QED) is 0.260. The lowest BCUT2D eigenvalue weighted by Crippen LogP contribution is -2.64. The number of carbonyl (C=O) groups excluding carboxylic acids is 1. The molecule has 0 aromatic carbocycles. The number of hydrogen-bond acceptors (Lipinski definition) is 6. The summed E-state index contributed by atoms with van der Waals surface area (Å²) < 4.78 is 0. The van der Waals surface area contributed by atoms with Crippen LogP contribution in [0.5, 0.6) is 0 Å². The molecule has 0 radical (unpaired) electrons. The van der Waals surface area contributed by atoms with Crippen molar-refractivity contribution in [3.05, 3.63) is 0 Å². The Morgan fingerprint density at radius 1 is 1.53 bits per heavy atom. The van der Waals surface area contributed by atoms with Crippen molar-refractivity contribution >= 4 is 34.4 Å². The molecule has 1 aliphatic rings. The van der Waals surface area contributed by atoms with Gasteiger partial charge in [-0.25, -0.2) is 4.99 Å². The fourth-order valence-electron chi connectivity index (χ4n) is 1.07. The molecule has 82 valence electrons. The molecule has 0 saturated carbocycles. The summed E-state index contributed by atoms with van der Waals surface area (Å²) in [6, 6.07) is -1.32. The molecular formula is C6H10ClN7O. The second-order valence-corrected chi connectivity index (χ2v) is 3.32. The third kappa shape index (κ3) is 1.76. The Labute approximate surface area is 89.9 Å². The van der Waals surface area contributed by atoms with Crippen LogP contribution < -0.4 is 22.9 Å². The molecule has 9 N–H and O–H groups in total. The van der Waals surface area contributed by atoms with Crippen LogP contribution in [-0.4, -0.2) is 34.5 Å². The monoisotopic (exact) mass is 231 g/mol. The molecule has 1 heterocycles. The largest absolute Gasteiger partial charge is 0.384 e. The van der Waals surface area contributed by atoms with Gasteiger partial charge in [0.1, 0.15) is 5.84 Å². The first-order chi connectivity index (χ1) is 6.79. The van der Waals surface area contributed by atoms with Gasteiger partial charge in [0.15, 0.2) is 22.7 Å². The predicted octanol–water partition coefficient (Wildman–Crippen LogP) is -2.56. The van der Waals surface area contributed by atoms with Crippen LogP contribution in [-0.2, 0) is 4.79 Å². The van der Waals surface area contributed by atoms with Gasteiger partial charge in [0.05, 0.1) is 0 Å². The summed E-state index contributed by atoms with van der Waals surface area (Å²) in [6.45, 7) is 0. The van der Waals surface area contributed by atoms with E-state index in [9.17, 15) is 4.79 Å². The molecule has 1 rings (SSSR count). The maximum atomic E-state index is 11.0. The van der Waals surface area contributed by atoms with Crippen molar-refractivity contribution in [3.8, 4) is 0 Å². The normalized spacial score (nSPS) is 30.4. The second-order valence-electron chi connectivity index (χ2n) is 2.96. The predicted molar refractivity (Wildman–Crippen MR) is 56.7 cm³/mol. The summed E-state index contributed by atoms with van der Waals surface area (Å²) in [4.78, 5) is 18.3. The second kappa shape index (κ2) is 3.48. The number of carbonyl (C=O) groups is 1. The molecule has 15 heavy (non-hydrogen) atoms. The minimum absolute atomic E-state index is 0.180. The van der Waals surface area contributed by atoms with Gasteiger partial charge in [-0.05, 0) is 0 Å². The summed E-state index contributed by atoms with van der Waals surface area (Å²) in [5.74, 6) is -1.64. The Kier molecular flexibility index (Phi) is 2.65. The maximum absolute atomic E-state index is 11.0. The first kappa shape index (κ1) is 11.4. The molecule has 9 heteroatoms. The van der Waals surface area contributed by atoms with Crippen LogP contribution in [0.1, 0.15) is 0 Å². The molecule has 0 aliphatic carbocycles. The lowest BCUT2D eigenvalue weighted by atomic mass is 9.99. The minimum atomic E-state index is -1.85. The summed E-state index contributed by atoms with van der Waals surface area (Å²) in [5, 5.41) is 7.06. The van der Waals surface area contributed by atoms with Gasteiger partial charge in [0.25, 0.3) is 0 Å². The number of amidine groups is 2. The fraction of sp³-hybridized carbons (Fsp3) is 0.333. The smallest absolute Gasteiger partial charge is 0.246 e. The van der Waals surface area contributed by atoms with Crippen molar-refractivity contribution in [2.45, 2.75) is 11.7 Å². The van der Waals surface area contributed by atoms with Gasteiger partial charge in [0.2, 0.25) is 5.91 Å². The third-order valence-electron chi connectivity index (χ3n) is 1.88. The molecule has 2 atom stereocenters. The van der Waals surface area contributed by atoms with Crippen LogP contribution >= 0.6 is 11.6 Å². The summed E-state index contributed by atoms with van der Waals surface area (Å²) in [6.07, 6.45) is 0. The van der Waals surface area contributed by atoms with E-state index in [0.29, 0.717) is 0 Å². The first-order valence-corrected chi connectivity index (χ1v) is 4.18. The lowest BCUT2D eigenvalue weighted by Gasteiger charge is -2.31. The molecule has 1 amide bonds. The van der Waals surface area contributed by atoms with Gasteiger partial charge >= 0.3 is 0 Å². The van der Waals surface area contributed by atoms with Crippen LogP contribution in [0.2, 0.25) is 0 Å². The van der Waals surface area contributed by atoms with Crippen LogP contribution in [0.15, 0.2) is 9.98 Å². The van der Waals surface area contributed by atoms with Gasteiger partial charge in [-0.3, -0.25) is 20.9 Å². The highest BCUT2D eigenvalue weighted by Crippen LogP contribution is 2.18. The van der Waals surface area contributed by atoms with E-state index in [1.807, 2.05) is 0 Å². The van der Waals surface area contributed by atoms with Crippen molar-refractivity contribution in [3.63, 3.8) is 0 Å². The molecule has 2 unspecified atom stereocenters. The highest BCUT2D eigenvalue weighted by molar-refractivity contribution is 6.83. The minimum Gasteiger partial charge on any atom is -0.384 e. The number of aliphatic imine (C=N–C) groups is 2. The summed E-state index contributed by atoms with van der Waals surface area (Å²) in [7, 11) is 0. The Hall–Kier alpha value is -1.67. The van der Waals surface area contributed by atoms with Crippen molar-refractivity contribution < 1.29 is 4.79 Å². The standard InChI is InChI=1S/C6H10ClN7O/c7-2-3(8)14-6(12,5(10)11)1(13-2)4(9)15/h1H,12H2,(H2,8,14)(H2,9,15)(H3,10,11). The average Bonchev–Trinajstić information content (AvgIpc) is 2.10. The van der Waals surface area contributed by atoms with E-state index in [4.69, 9.17) is 39.9 Å². The SMILES string of the molecule is N=C(N)C1(N)N=C(N)C(Cl)=NC1C(N)=O. The maximum Gasteiger partial charge on any atom is 0.246 e. The van der Waals surface area contributed by atoms with E-state index in [2.05, 4.69) is 9.98 Å². The average molecular weight is 232 g/mol. The number of rotatable bonds is 2. The number of hydrogen-bond donors (Lipinski definition) is 5. The van der Waals surface area contributed by atoms with Crippen molar-refractivity contribution in [1.29, 1.82) is 5.41 Å². The number of nitrogens with two attached hydrogens (primary N) is 4. The Morgan fingerprint density at radius 3 is 2.47 bits per heavy atom. The topological polar surface area (TPSA) is 170 Å². The zero-order chi connectivity index (χ0) is 11.8. The highest BCUT2D eigenvalue weighted by Gasteiger charge is 2.45. The summed E-state index contributed by atoms with van der Waals surface area (Å²) >= 11 is 5.56. The molecular weight excluding hydrogens is 222 g/mol. The van der Waals surface area contributed by atoms with Crippen molar-refractivity contribution in [2.75, 3.05) is 0 Å². The van der Waals surface area contributed by atoms with Crippen molar-refractivity contribution in [1.82, 2.24) is 0 Å². The molecule has 0 spiro atoms. The van der Waals surface area contributed by atoms with Gasteiger partial charge < -0.3 is 17.2 Å². The lowest BCUT2D eigenvalue weighted by molar-refractivity contribution is -0.120. The summed E-state index contributed by atoms with van der Waals surface area (Å²) in [5.41, 5.74) is 19.4. The zero-order valence-electron chi connectivity index (χ0n) is 7.57. The molecule has 8 nitrogen and oxygen atoms in total. The molecule has 0 saturated heterocycles. The fourth-order valence-corrected chi connectivity index (χ4v) is 1.21. The number of amides is 1. The van der Waals surface area contributed by atoms with Crippen LogP contribution in [0, 0.1) is 5.41 Å². The van der Waals surface area contributed by atoms with Gasteiger partial charge in [-0.15, -0.1) is 0 Å². The van der Waals surface area contributed by atoms with E-state index in [0.717, 1.165) is 0 Å². The third-order valence-corrected chi connectivity index (χ3v) is 2.17. The molecule has 0 aromatic rings.